The van der Waals surface area contributed by atoms with Gasteiger partial charge in [-0.2, -0.15) is 0 Å². The highest BCUT2D eigenvalue weighted by molar-refractivity contribution is 6.02. The summed E-state index contributed by atoms with van der Waals surface area (Å²) in [5.41, 5.74) is 6.49. The topological polar surface area (TPSA) is 98.8 Å². The first kappa shape index (κ1) is 23.5. The first-order valence-electron chi connectivity index (χ1n) is 12.4. The number of rotatable bonds is 6. The highest BCUT2D eigenvalue weighted by Gasteiger charge is 2.22. The minimum Gasteiger partial charge on any atom is -0.370 e. The van der Waals surface area contributed by atoms with Crippen molar-refractivity contribution in [2.24, 2.45) is 0 Å². The van der Waals surface area contributed by atoms with Gasteiger partial charge < -0.3 is 15.5 Å². The average molecular weight is 482 g/mol. The van der Waals surface area contributed by atoms with Crippen molar-refractivity contribution in [3.63, 3.8) is 0 Å². The Labute approximate surface area is 211 Å². The van der Waals surface area contributed by atoms with Crippen LogP contribution in [0.25, 0.3) is 22.5 Å². The highest BCUT2D eigenvalue weighted by atomic mass is 16.2. The van der Waals surface area contributed by atoms with Crippen LogP contribution >= 0.6 is 0 Å². The second-order valence-corrected chi connectivity index (χ2v) is 9.38. The molecule has 8 nitrogen and oxygen atoms in total. The van der Waals surface area contributed by atoms with Gasteiger partial charge in [-0.3, -0.25) is 0 Å². The van der Waals surface area contributed by atoms with E-state index in [2.05, 4.69) is 55.3 Å². The molecule has 0 spiro atoms. The fraction of sp³-hybridized carbons (Fsp3) is 0.286. The minimum absolute atomic E-state index is 0.276. The monoisotopic (exact) mass is 481 g/mol. The van der Waals surface area contributed by atoms with Crippen molar-refractivity contribution in [1.82, 2.24) is 20.6 Å². The van der Waals surface area contributed by atoms with Crippen molar-refractivity contribution >= 4 is 23.1 Å². The first-order valence-corrected chi connectivity index (χ1v) is 12.4. The first-order chi connectivity index (χ1) is 17.6. The van der Waals surface area contributed by atoms with Crippen LogP contribution in [0.4, 0.5) is 21.9 Å². The number of benzene rings is 3. The number of H-pyrrole nitrogens is 1. The van der Waals surface area contributed by atoms with Gasteiger partial charge >= 0.3 is 6.03 Å². The number of hydrogen-bond donors (Lipinski definition) is 3. The second-order valence-electron chi connectivity index (χ2n) is 9.38. The molecule has 1 aliphatic rings. The van der Waals surface area contributed by atoms with E-state index in [0.717, 1.165) is 52.2 Å². The zero-order valence-electron chi connectivity index (χ0n) is 20.7. The van der Waals surface area contributed by atoms with E-state index in [1.54, 1.807) is 0 Å². The lowest BCUT2D eigenvalue weighted by Gasteiger charge is -2.34. The molecule has 4 aromatic rings. The van der Waals surface area contributed by atoms with Crippen molar-refractivity contribution < 1.29 is 4.79 Å². The summed E-state index contributed by atoms with van der Waals surface area (Å²) in [5.74, 6) is 0.598. The van der Waals surface area contributed by atoms with Gasteiger partial charge in [-0.1, -0.05) is 67.3 Å². The second kappa shape index (κ2) is 10.6. The SMILES string of the molecule is Cc1ccc(NC(=O)Nc2cc(-c3ccccc3-c3nnn[nH]3)ccc2N(C)C2CCCCC2)cc1. The quantitative estimate of drug-likeness (QED) is 0.302. The Morgan fingerprint density at radius 1 is 0.944 bits per heavy atom. The number of aromatic nitrogens is 4. The molecule has 0 radical (unpaired) electrons. The lowest BCUT2D eigenvalue weighted by atomic mass is 9.93. The van der Waals surface area contributed by atoms with E-state index in [0.29, 0.717) is 11.9 Å². The number of amides is 2. The van der Waals surface area contributed by atoms with E-state index in [9.17, 15) is 4.79 Å². The van der Waals surface area contributed by atoms with E-state index in [-0.39, 0.29) is 6.03 Å². The zero-order chi connectivity index (χ0) is 24.9. The van der Waals surface area contributed by atoms with E-state index in [1.165, 1.54) is 19.3 Å². The molecule has 8 heteroatoms. The molecule has 36 heavy (non-hydrogen) atoms. The minimum atomic E-state index is -0.276. The largest absolute Gasteiger partial charge is 0.370 e. The smallest absolute Gasteiger partial charge is 0.323 e. The molecule has 1 saturated carbocycles. The van der Waals surface area contributed by atoms with Gasteiger partial charge in [0.25, 0.3) is 0 Å². The molecule has 1 aliphatic carbocycles. The van der Waals surface area contributed by atoms with Crippen LogP contribution in [-0.4, -0.2) is 39.7 Å². The summed E-state index contributed by atoms with van der Waals surface area (Å²) < 4.78 is 0. The summed E-state index contributed by atoms with van der Waals surface area (Å²) in [7, 11) is 2.13. The maximum atomic E-state index is 13.0. The number of tetrazole rings is 1. The van der Waals surface area contributed by atoms with Gasteiger partial charge in [-0.15, -0.1) is 5.10 Å². The van der Waals surface area contributed by atoms with Crippen LogP contribution < -0.4 is 15.5 Å². The summed E-state index contributed by atoms with van der Waals surface area (Å²) in [6.07, 6.45) is 6.09. The van der Waals surface area contributed by atoms with Gasteiger partial charge in [0, 0.05) is 24.3 Å². The Morgan fingerprint density at radius 2 is 1.69 bits per heavy atom. The third kappa shape index (κ3) is 5.22. The van der Waals surface area contributed by atoms with E-state index in [1.807, 2.05) is 61.5 Å². The number of aromatic amines is 1. The molecule has 0 atom stereocenters. The normalized spacial score (nSPS) is 13.8. The molecule has 3 aromatic carbocycles. The number of aryl methyl sites for hydroxylation is 1. The lowest BCUT2D eigenvalue weighted by molar-refractivity contribution is 0.262. The maximum absolute atomic E-state index is 13.0. The number of carbonyl (C=O) groups is 1. The van der Waals surface area contributed by atoms with Gasteiger partial charge in [0.1, 0.15) is 0 Å². The molecule has 0 saturated heterocycles. The third-order valence-corrected chi connectivity index (χ3v) is 6.90. The highest BCUT2D eigenvalue weighted by Crippen LogP contribution is 2.37. The van der Waals surface area contributed by atoms with Gasteiger partial charge in [-0.25, -0.2) is 9.89 Å². The number of carbonyl (C=O) groups excluding carboxylic acids is 1. The molecule has 5 rings (SSSR count). The molecule has 1 aromatic heterocycles. The fourth-order valence-corrected chi connectivity index (χ4v) is 4.91. The van der Waals surface area contributed by atoms with Crippen LogP contribution in [-0.2, 0) is 0 Å². The average Bonchev–Trinajstić information content (AvgIpc) is 3.45. The van der Waals surface area contributed by atoms with Crippen LogP contribution in [0.3, 0.4) is 0 Å². The van der Waals surface area contributed by atoms with E-state index < -0.39 is 0 Å². The number of hydrogen-bond acceptors (Lipinski definition) is 5. The molecule has 0 unspecified atom stereocenters. The standard InChI is InChI=1S/C28H31N7O/c1-19-12-15-21(16-13-19)29-28(36)30-25-18-20(14-17-26(25)35(2)22-8-4-3-5-9-22)23-10-6-7-11-24(23)27-31-33-34-32-27/h6-7,10-18,22H,3-5,8-9H2,1-2H3,(H2,29,30,36)(H,31,32,33,34). The Hall–Kier alpha value is -4.20. The Kier molecular flexibility index (Phi) is 6.93. The van der Waals surface area contributed by atoms with E-state index in [4.69, 9.17) is 0 Å². The van der Waals surface area contributed by atoms with Gasteiger partial charge in [0.15, 0.2) is 5.82 Å². The number of nitrogens with one attached hydrogen (secondary N) is 3. The lowest BCUT2D eigenvalue weighted by Crippen LogP contribution is -2.34. The van der Waals surface area contributed by atoms with Crippen LogP contribution in [0.15, 0.2) is 66.7 Å². The Balaban J connectivity index is 1.49. The molecule has 184 valence electrons. The predicted molar refractivity (Wildman–Crippen MR) is 144 cm³/mol. The van der Waals surface area contributed by atoms with Gasteiger partial charge in [0.2, 0.25) is 0 Å². The summed E-state index contributed by atoms with van der Waals surface area (Å²) in [4.78, 5) is 15.4. The summed E-state index contributed by atoms with van der Waals surface area (Å²) in [6, 6.07) is 22.1. The molecule has 3 N–H and O–H groups in total. The van der Waals surface area contributed by atoms with Crippen LogP contribution in [0.2, 0.25) is 0 Å². The maximum Gasteiger partial charge on any atom is 0.323 e. The molecule has 2 amide bonds. The molecule has 0 bridgehead atoms. The van der Waals surface area contributed by atoms with E-state index >= 15 is 0 Å². The molecule has 1 fully saturated rings. The van der Waals surface area contributed by atoms with Crippen molar-refractivity contribution in [2.45, 2.75) is 45.1 Å². The number of nitrogens with zero attached hydrogens (tertiary/aromatic N) is 4. The molecular formula is C28H31N7O. The summed E-state index contributed by atoms with van der Waals surface area (Å²) in [6.45, 7) is 2.02. The number of anilines is 3. The van der Waals surface area contributed by atoms with Gasteiger partial charge in [-0.05, 0) is 65.6 Å². The molecule has 0 aliphatic heterocycles. The van der Waals surface area contributed by atoms with Crippen molar-refractivity contribution in [1.29, 1.82) is 0 Å². The zero-order valence-corrected chi connectivity index (χ0v) is 20.7. The van der Waals surface area contributed by atoms with Crippen LogP contribution in [0, 0.1) is 6.92 Å². The Morgan fingerprint density at radius 3 is 2.42 bits per heavy atom. The molecular weight excluding hydrogens is 450 g/mol. The Bertz CT molecular complexity index is 1310. The van der Waals surface area contributed by atoms with Crippen molar-refractivity contribution in [2.75, 3.05) is 22.6 Å². The predicted octanol–water partition coefficient (Wildman–Crippen LogP) is 6.26. The van der Waals surface area contributed by atoms with Crippen molar-refractivity contribution in [3.8, 4) is 22.5 Å². The van der Waals surface area contributed by atoms with Gasteiger partial charge in [0.05, 0.1) is 11.4 Å². The van der Waals surface area contributed by atoms with Crippen LogP contribution in [0.1, 0.15) is 37.7 Å². The fourth-order valence-electron chi connectivity index (χ4n) is 4.91. The summed E-state index contributed by atoms with van der Waals surface area (Å²) in [5, 5.41) is 20.5. The number of urea groups is 1. The molecule has 1 heterocycles. The third-order valence-electron chi connectivity index (χ3n) is 6.90. The van der Waals surface area contributed by atoms with Crippen LogP contribution in [0.5, 0.6) is 0 Å². The van der Waals surface area contributed by atoms with Crippen molar-refractivity contribution in [3.05, 3.63) is 72.3 Å². The summed E-state index contributed by atoms with van der Waals surface area (Å²) >= 11 is 0.